The quantitative estimate of drug-likeness (QED) is 0.724. The van der Waals surface area contributed by atoms with Gasteiger partial charge in [-0.05, 0) is 68.6 Å². The fourth-order valence-corrected chi connectivity index (χ4v) is 6.06. The van der Waals surface area contributed by atoms with Gasteiger partial charge in [-0.15, -0.1) is 0 Å². The Labute approximate surface area is 140 Å². The van der Waals surface area contributed by atoms with Gasteiger partial charge in [-0.1, -0.05) is 5.57 Å². The van der Waals surface area contributed by atoms with Crippen LogP contribution in [0.3, 0.4) is 0 Å². The van der Waals surface area contributed by atoms with E-state index in [1.807, 2.05) is 0 Å². The molecule has 0 saturated heterocycles. The Bertz CT molecular complexity index is 585. The first-order valence-electron chi connectivity index (χ1n) is 8.78. The topological polar surface area (TPSA) is 54.5 Å². The van der Waals surface area contributed by atoms with Gasteiger partial charge in [0.15, 0.2) is 0 Å². The molecular formula is C18H29NO3S. The summed E-state index contributed by atoms with van der Waals surface area (Å²) < 4.78 is 22.5. The zero-order chi connectivity index (χ0) is 16.8. The van der Waals surface area contributed by atoms with Crippen LogP contribution < -0.4 is 0 Å². The number of hydrogen-bond acceptors (Lipinski definition) is 3. The summed E-state index contributed by atoms with van der Waals surface area (Å²) >= 11 is 0. The van der Waals surface area contributed by atoms with Gasteiger partial charge in [0, 0.05) is 25.9 Å². The summed E-state index contributed by atoms with van der Waals surface area (Å²) in [5, 5.41) is 0. The van der Waals surface area contributed by atoms with Gasteiger partial charge in [0.2, 0.25) is 5.91 Å². The minimum atomic E-state index is -3.03. The van der Waals surface area contributed by atoms with Crippen LogP contribution in [0.2, 0.25) is 0 Å². The average Bonchev–Trinajstić information content (AvgIpc) is 2.42. The molecule has 1 amide bonds. The summed E-state index contributed by atoms with van der Waals surface area (Å²) in [4.78, 5) is 14.0. The fraction of sp³-hybridized carbons (Fsp3) is 0.833. The Balaban J connectivity index is 1.68. The van der Waals surface area contributed by atoms with E-state index < -0.39 is 9.84 Å². The largest absolute Gasteiger partial charge is 0.341 e. The van der Waals surface area contributed by atoms with E-state index in [2.05, 4.69) is 6.92 Å². The van der Waals surface area contributed by atoms with Crippen molar-refractivity contribution in [3.05, 3.63) is 11.6 Å². The molecule has 0 atom stereocenters. The lowest BCUT2D eigenvalue weighted by Crippen LogP contribution is -2.46. The molecule has 0 aromatic heterocycles. The Morgan fingerprint density at radius 3 is 2.04 bits per heavy atom. The highest BCUT2D eigenvalue weighted by Crippen LogP contribution is 2.62. The molecule has 0 radical (unpaired) electrons. The van der Waals surface area contributed by atoms with Crippen LogP contribution in [0, 0.1) is 23.2 Å². The zero-order valence-corrected chi connectivity index (χ0v) is 15.4. The second-order valence-electron chi connectivity index (χ2n) is 8.41. The van der Waals surface area contributed by atoms with Crippen LogP contribution in [0.5, 0.6) is 0 Å². The first kappa shape index (κ1) is 17.0. The van der Waals surface area contributed by atoms with Gasteiger partial charge in [-0.2, -0.15) is 0 Å². The molecule has 4 nitrogen and oxygen atoms in total. The molecule has 4 saturated carbocycles. The Hall–Kier alpha value is -0.840. The second kappa shape index (κ2) is 5.91. The van der Waals surface area contributed by atoms with Gasteiger partial charge >= 0.3 is 0 Å². The van der Waals surface area contributed by atoms with Crippen molar-refractivity contribution in [3.63, 3.8) is 0 Å². The number of amides is 1. The Kier molecular flexibility index (Phi) is 4.36. The van der Waals surface area contributed by atoms with Gasteiger partial charge in [-0.25, -0.2) is 8.42 Å². The Morgan fingerprint density at radius 2 is 1.61 bits per heavy atom. The van der Waals surface area contributed by atoms with E-state index in [-0.39, 0.29) is 23.6 Å². The monoisotopic (exact) mass is 339 g/mol. The van der Waals surface area contributed by atoms with Crippen molar-refractivity contribution in [2.75, 3.05) is 25.6 Å². The highest BCUT2D eigenvalue weighted by Gasteiger charge is 2.51. The van der Waals surface area contributed by atoms with Crippen molar-refractivity contribution in [1.29, 1.82) is 0 Å². The van der Waals surface area contributed by atoms with E-state index in [1.165, 1.54) is 55.3 Å². The van der Waals surface area contributed by atoms with E-state index in [4.69, 9.17) is 0 Å². The maximum atomic E-state index is 12.4. The summed E-state index contributed by atoms with van der Waals surface area (Å²) in [5.74, 6) is 2.56. The van der Waals surface area contributed by atoms with Crippen molar-refractivity contribution in [1.82, 2.24) is 4.90 Å². The van der Waals surface area contributed by atoms with E-state index in [9.17, 15) is 13.2 Å². The molecule has 0 aliphatic heterocycles. The maximum absolute atomic E-state index is 12.4. The van der Waals surface area contributed by atoms with Crippen molar-refractivity contribution >= 4 is 15.7 Å². The first-order valence-corrected chi connectivity index (χ1v) is 10.8. The number of carbonyl (C=O) groups is 1. The molecule has 0 aromatic rings. The van der Waals surface area contributed by atoms with E-state index in [0.29, 0.717) is 0 Å². The minimum Gasteiger partial charge on any atom is -0.341 e. The highest BCUT2D eigenvalue weighted by atomic mass is 32.2. The van der Waals surface area contributed by atoms with Crippen LogP contribution in [0.4, 0.5) is 0 Å². The van der Waals surface area contributed by atoms with Crippen molar-refractivity contribution < 1.29 is 13.2 Å². The van der Waals surface area contributed by atoms with E-state index in [0.717, 1.165) is 17.8 Å². The number of sulfone groups is 1. The average molecular weight is 340 g/mol. The van der Waals surface area contributed by atoms with Gasteiger partial charge < -0.3 is 4.90 Å². The van der Waals surface area contributed by atoms with Crippen LogP contribution in [-0.2, 0) is 14.6 Å². The molecule has 4 aliphatic rings. The van der Waals surface area contributed by atoms with E-state index >= 15 is 0 Å². The molecule has 0 heterocycles. The maximum Gasteiger partial charge on any atom is 0.246 e. The molecule has 0 N–H and O–H groups in total. The van der Waals surface area contributed by atoms with Crippen molar-refractivity contribution in [3.8, 4) is 0 Å². The van der Waals surface area contributed by atoms with Crippen LogP contribution in [0.1, 0.15) is 45.4 Å². The predicted octanol–water partition coefficient (Wildman–Crippen LogP) is 2.65. The van der Waals surface area contributed by atoms with Gasteiger partial charge in [0.05, 0.1) is 5.75 Å². The summed E-state index contributed by atoms with van der Waals surface area (Å²) in [6.07, 6.45) is 10.9. The summed E-state index contributed by atoms with van der Waals surface area (Å²) in [6.45, 7) is 2.39. The molecule has 0 spiro atoms. The molecule has 4 rings (SSSR count). The number of allylic oxidation sites excluding steroid dienone is 1. The first-order chi connectivity index (χ1) is 10.7. The molecule has 5 heteroatoms. The lowest BCUT2D eigenvalue weighted by Gasteiger charge is -2.57. The number of rotatable bonds is 5. The van der Waals surface area contributed by atoms with Crippen LogP contribution in [0.15, 0.2) is 11.6 Å². The molecule has 4 fully saturated rings. The molecule has 4 bridgehead atoms. The molecule has 4 aliphatic carbocycles. The smallest absolute Gasteiger partial charge is 0.246 e. The third kappa shape index (κ3) is 3.65. The van der Waals surface area contributed by atoms with Crippen LogP contribution in [0.25, 0.3) is 0 Å². The second-order valence-corrected chi connectivity index (χ2v) is 10.7. The lowest BCUT2D eigenvalue weighted by atomic mass is 9.48. The van der Waals surface area contributed by atoms with Crippen molar-refractivity contribution in [2.24, 2.45) is 23.2 Å². The highest BCUT2D eigenvalue weighted by molar-refractivity contribution is 7.90. The standard InChI is InChI=1S/C18H29NO3S/c1-13(6-17(20)19(2)4-5-23(3,21)22)18-10-14-7-15(11-18)9-16(8-14)12-18/h6,14-16H,4-5,7-12H2,1-3H3/b13-6-. The summed E-state index contributed by atoms with van der Waals surface area (Å²) in [7, 11) is -1.34. The molecule has 130 valence electrons. The van der Waals surface area contributed by atoms with Crippen molar-refractivity contribution in [2.45, 2.75) is 45.4 Å². The zero-order valence-electron chi connectivity index (χ0n) is 14.5. The minimum absolute atomic E-state index is 0.0273. The number of hydrogen-bond donors (Lipinski definition) is 0. The lowest BCUT2D eigenvalue weighted by molar-refractivity contribution is -0.124. The molecule has 23 heavy (non-hydrogen) atoms. The van der Waals surface area contributed by atoms with Gasteiger partial charge in [0.25, 0.3) is 0 Å². The van der Waals surface area contributed by atoms with Gasteiger partial charge in [-0.3, -0.25) is 4.79 Å². The van der Waals surface area contributed by atoms with Crippen LogP contribution in [-0.4, -0.2) is 44.8 Å². The Morgan fingerprint density at radius 1 is 1.13 bits per heavy atom. The number of nitrogens with zero attached hydrogens (tertiary/aromatic N) is 1. The normalized spacial score (nSPS) is 36.3. The summed E-state index contributed by atoms with van der Waals surface area (Å²) in [5.41, 5.74) is 1.48. The number of likely N-dealkylation sites (N-methyl/N-ethyl adjacent to an activating group) is 1. The fourth-order valence-electron chi connectivity index (χ4n) is 5.46. The van der Waals surface area contributed by atoms with Gasteiger partial charge in [0.1, 0.15) is 9.84 Å². The molecular weight excluding hydrogens is 310 g/mol. The molecule has 0 aromatic carbocycles. The molecule has 0 unspecified atom stereocenters. The van der Waals surface area contributed by atoms with Crippen LogP contribution >= 0.6 is 0 Å². The third-order valence-corrected chi connectivity index (χ3v) is 7.31. The number of carbonyl (C=O) groups excluding carboxylic acids is 1. The predicted molar refractivity (Wildman–Crippen MR) is 91.7 cm³/mol. The third-order valence-electron chi connectivity index (χ3n) is 6.39. The SMILES string of the molecule is C/C(=C/C(=O)N(C)CCS(C)(=O)=O)C12CC3CC(CC(C3)C1)C2. The van der Waals surface area contributed by atoms with E-state index in [1.54, 1.807) is 13.1 Å². The summed E-state index contributed by atoms with van der Waals surface area (Å²) in [6, 6.07) is 0.